The second kappa shape index (κ2) is 9.56. The Morgan fingerprint density at radius 3 is 2.48 bits per heavy atom. The largest absolute Gasteiger partial charge is 0.484 e. The van der Waals surface area contributed by atoms with Crippen LogP contribution in [-0.4, -0.2) is 24.2 Å². The van der Waals surface area contributed by atoms with Crippen LogP contribution in [0.15, 0.2) is 42.5 Å². The normalized spacial score (nSPS) is 10.3. The van der Waals surface area contributed by atoms with Gasteiger partial charge < -0.3 is 15.8 Å². The van der Waals surface area contributed by atoms with Gasteiger partial charge in [0.2, 0.25) is 5.91 Å². The first-order valence-electron chi connectivity index (χ1n) is 7.27. The number of thioether (sulfide) groups is 1. The van der Waals surface area contributed by atoms with Gasteiger partial charge in [0.05, 0.1) is 5.75 Å². The van der Waals surface area contributed by atoms with Crippen LogP contribution in [0.3, 0.4) is 0 Å². The molecule has 0 aliphatic rings. The second-order valence-electron chi connectivity index (χ2n) is 5.06. The maximum absolute atomic E-state index is 12.0. The lowest BCUT2D eigenvalue weighted by atomic mass is 10.2. The minimum absolute atomic E-state index is 0.124. The average Bonchev–Trinajstić information content (AvgIpc) is 2.56. The van der Waals surface area contributed by atoms with Gasteiger partial charge in [-0.1, -0.05) is 29.3 Å². The van der Waals surface area contributed by atoms with Crippen LogP contribution < -0.4 is 15.8 Å². The van der Waals surface area contributed by atoms with Crippen LogP contribution in [0.2, 0.25) is 10.0 Å². The number of primary amides is 1. The van der Waals surface area contributed by atoms with Crippen molar-refractivity contribution in [1.29, 1.82) is 0 Å². The zero-order chi connectivity index (χ0) is 18.2. The van der Waals surface area contributed by atoms with E-state index in [9.17, 15) is 9.59 Å². The molecule has 0 aliphatic heterocycles. The fourth-order valence-electron chi connectivity index (χ4n) is 1.88. The van der Waals surface area contributed by atoms with Crippen LogP contribution in [0.5, 0.6) is 5.75 Å². The zero-order valence-electron chi connectivity index (χ0n) is 13.1. The first-order chi connectivity index (χ1) is 11.9. The summed E-state index contributed by atoms with van der Waals surface area (Å²) < 4.78 is 5.15. The Kier molecular flexibility index (Phi) is 7.43. The highest BCUT2D eigenvalue weighted by molar-refractivity contribution is 7.99. The quantitative estimate of drug-likeness (QED) is 0.709. The van der Waals surface area contributed by atoms with Gasteiger partial charge >= 0.3 is 0 Å². The lowest BCUT2D eigenvalue weighted by Crippen LogP contribution is -2.20. The molecule has 2 rings (SSSR count). The van der Waals surface area contributed by atoms with Gasteiger partial charge in [-0.2, -0.15) is 0 Å². The summed E-state index contributed by atoms with van der Waals surface area (Å²) in [5.41, 5.74) is 6.57. The first-order valence-corrected chi connectivity index (χ1v) is 9.18. The molecule has 2 aromatic carbocycles. The monoisotopic (exact) mass is 398 g/mol. The van der Waals surface area contributed by atoms with E-state index in [2.05, 4.69) is 5.32 Å². The summed E-state index contributed by atoms with van der Waals surface area (Å²) in [5.74, 6) is 0.738. The number of rotatable bonds is 8. The Morgan fingerprint density at radius 2 is 1.84 bits per heavy atom. The topological polar surface area (TPSA) is 81.4 Å². The average molecular weight is 399 g/mol. The molecule has 0 saturated carbocycles. The van der Waals surface area contributed by atoms with E-state index in [1.54, 1.807) is 36.4 Å². The molecule has 132 valence electrons. The van der Waals surface area contributed by atoms with E-state index in [0.717, 1.165) is 5.56 Å². The van der Waals surface area contributed by atoms with Crippen molar-refractivity contribution in [3.63, 3.8) is 0 Å². The van der Waals surface area contributed by atoms with Crippen molar-refractivity contribution in [3.8, 4) is 5.75 Å². The molecule has 0 saturated heterocycles. The molecule has 8 heteroatoms. The molecule has 2 aromatic rings. The smallest absolute Gasteiger partial charge is 0.255 e. The fraction of sp³-hybridized carbons (Fsp3) is 0.176. The molecule has 0 aromatic heterocycles. The van der Waals surface area contributed by atoms with Gasteiger partial charge in [-0.15, -0.1) is 11.8 Å². The number of carbonyl (C=O) groups excluding carboxylic acids is 2. The highest BCUT2D eigenvalue weighted by Gasteiger charge is 2.06. The molecule has 3 N–H and O–H groups in total. The zero-order valence-corrected chi connectivity index (χ0v) is 15.5. The summed E-state index contributed by atoms with van der Waals surface area (Å²) in [6, 6.07) is 12.0. The van der Waals surface area contributed by atoms with Crippen molar-refractivity contribution in [3.05, 3.63) is 58.1 Å². The van der Waals surface area contributed by atoms with Crippen LogP contribution in [-0.2, 0) is 15.3 Å². The fourth-order valence-corrected chi connectivity index (χ4v) is 3.26. The summed E-state index contributed by atoms with van der Waals surface area (Å²) in [6.07, 6.45) is 0. The van der Waals surface area contributed by atoms with Crippen LogP contribution in [0.1, 0.15) is 5.56 Å². The summed E-state index contributed by atoms with van der Waals surface area (Å²) in [5, 5.41) is 3.96. The molecule has 0 heterocycles. The molecule has 0 atom stereocenters. The molecule has 25 heavy (non-hydrogen) atoms. The summed E-state index contributed by atoms with van der Waals surface area (Å²) in [6.45, 7) is -0.185. The highest BCUT2D eigenvalue weighted by Crippen LogP contribution is 2.24. The van der Waals surface area contributed by atoms with E-state index in [-0.39, 0.29) is 12.5 Å². The number of hydrogen-bond acceptors (Lipinski definition) is 4. The van der Waals surface area contributed by atoms with E-state index in [1.807, 2.05) is 6.07 Å². The number of ether oxygens (including phenoxy) is 1. The third-order valence-corrected chi connectivity index (χ3v) is 4.59. The van der Waals surface area contributed by atoms with E-state index in [0.29, 0.717) is 33.0 Å². The van der Waals surface area contributed by atoms with Crippen LogP contribution in [0.4, 0.5) is 5.69 Å². The Balaban J connectivity index is 1.77. The predicted molar refractivity (Wildman–Crippen MR) is 102 cm³/mol. The van der Waals surface area contributed by atoms with Crippen molar-refractivity contribution in [2.75, 3.05) is 17.7 Å². The van der Waals surface area contributed by atoms with Gasteiger partial charge in [-0.25, -0.2) is 0 Å². The molecule has 2 amide bonds. The Morgan fingerprint density at radius 1 is 1.12 bits per heavy atom. The Bertz CT molecular complexity index is 754. The standard InChI is InChI=1S/C17H16Cl2N2O3S/c18-12-2-1-11(15(19)7-12)9-25-10-17(23)21-13-3-5-14(6-4-13)24-8-16(20)22/h1-7H,8-10H2,(H2,20,22)(H,21,23). The maximum atomic E-state index is 12.0. The number of anilines is 1. The van der Waals surface area contributed by atoms with Gasteiger partial charge in [0.1, 0.15) is 5.75 Å². The molecular weight excluding hydrogens is 383 g/mol. The minimum Gasteiger partial charge on any atom is -0.484 e. The minimum atomic E-state index is -0.546. The van der Waals surface area contributed by atoms with Crippen LogP contribution in [0, 0.1) is 0 Å². The molecule has 0 fully saturated rings. The molecule has 5 nitrogen and oxygen atoms in total. The number of amides is 2. The van der Waals surface area contributed by atoms with E-state index < -0.39 is 5.91 Å². The number of benzene rings is 2. The number of nitrogens with one attached hydrogen (secondary N) is 1. The molecule has 0 radical (unpaired) electrons. The third-order valence-electron chi connectivity index (χ3n) is 3.03. The van der Waals surface area contributed by atoms with Crippen LogP contribution >= 0.6 is 35.0 Å². The third kappa shape index (κ3) is 6.86. The summed E-state index contributed by atoms with van der Waals surface area (Å²) >= 11 is 13.4. The van der Waals surface area contributed by atoms with Crippen molar-refractivity contribution < 1.29 is 14.3 Å². The van der Waals surface area contributed by atoms with Gasteiger partial charge in [0.25, 0.3) is 5.91 Å². The lowest BCUT2D eigenvalue weighted by molar-refractivity contribution is -0.120. The molecule has 0 unspecified atom stereocenters. The van der Waals surface area contributed by atoms with Crippen molar-refractivity contribution in [2.45, 2.75) is 5.75 Å². The number of carbonyl (C=O) groups is 2. The SMILES string of the molecule is NC(=O)COc1ccc(NC(=O)CSCc2ccc(Cl)cc2Cl)cc1. The van der Waals surface area contributed by atoms with Crippen LogP contribution in [0.25, 0.3) is 0 Å². The summed E-state index contributed by atoms with van der Waals surface area (Å²) in [7, 11) is 0. The molecule has 0 bridgehead atoms. The number of halogens is 2. The Labute approximate surface area is 159 Å². The highest BCUT2D eigenvalue weighted by atomic mass is 35.5. The van der Waals surface area contributed by atoms with Gasteiger partial charge in [0.15, 0.2) is 6.61 Å². The molecular formula is C17H16Cl2N2O3S. The van der Waals surface area contributed by atoms with Gasteiger partial charge in [-0.3, -0.25) is 9.59 Å². The van der Waals surface area contributed by atoms with Gasteiger partial charge in [-0.05, 0) is 42.0 Å². The predicted octanol–water partition coefficient (Wildman–Crippen LogP) is 3.73. The van der Waals surface area contributed by atoms with E-state index >= 15 is 0 Å². The maximum Gasteiger partial charge on any atom is 0.255 e. The Hall–Kier alpha value is -1.89. The molecule has 0 spiro atoms. The second-order valence-corrected chi connectivity index (χ2v) is 6.89. The van der Waals surface area contributed by atoms with Gasteiger partial charge in [0, 0.05) is 21.5 Å². The number of hydrogen-bond donors (Lipinski definition) is 2. The van der Waals surface area contributed by atoms with E-state index in [1.165, 1.54) is 11.8 Å². The molecule has 0 aliphatic carbocycles. The first kappa shape index (κ1) is 19.4. The summed E-state index contributed by atoms with van der Waals surface area (Å²) in [4.78, 5) is 22.6. The lowest BCUT2D eigenvalue weighted by Gasteiger charge is -2.08. The number of nitrogens with two attached hydrogens (primary N) is 1. The van der Waals surface area contributed by atoms with Crippen molar-refractivity contribution in [2.24, 2.45) is 5.73 Å². The van der Waals surface area contributed by atoms with Crippen molar-refractivity contribution >= 4 is 52.5 Å². The van der Waals surface area contributed by atoms with Crippen molar-refractivity contribution in [1.82, 2.24) is 0 Å². The van der Waals surface area contributed by atoms with E-state index in [4.69, 9.17) is 33.7 Å².